The first-order valence-electron chi connectivity index (χ1n) is 5.85. The molecule has 0 aliphatic heterocycles. The summed E-state index contributed by atoms with van der Waals surface area (Å²) < 4.78 is 0. The van der Waals surface area contributed by atoms with Gasteiger partial charge in [-0.05, 0) is 45.6 Å². The standard InChI is InChI=1S/C12H19ClN4O/c1-17(2)6-4-3-5-15-12(18)9-7-10(13)16-11(14)8-9/h7-8H,3-6H2,1-2H3,(H2,14,16)(H,15,18). The van der Waals surface area contributed by atoms with E-state index in [4.69, 9.17) is 17.3 Å². The molecule has 0 unspecified atom stereocenters. The Bertz CT molecular complexity index is 389. The second kappa shape index (κ2) is 7.18. The normalized spacial score (nSPS) is 10.7. The third kappa shape index (κ3) is 5.33. The van der Waals surface area contributed by atoms with Gasteiger partial charge in [0.05, 0.1) is 0 Å². The number of halogens is 1. The zero-order valence-corrected chi connectivity index (χ0v) is 11.5. The van der Waals surface area contributed by atoms with Gasteiger partial charge in [0, 0.05) is 12.1 Å². The topological polar surface area (TPSA) is 71.2 Å². The Morgan fingerprint density at radius 1 is 1.44 bits per heavy atom. The molecule has 0 fully saturated rings. The van der Waals surface area contributed by atoms with Crippen LogP contribution in [-0.4, -0.2) is 43.0 Å². The van der Waals surface area contributed by atoms with Crippen LogP contribution in [0.5, 0.6) is 0 Å². The zero-order chi connectivity index (χ0) is 13.5. The summed E-state index contributed by atoms with van der Waals surface area (Å²) in [4.78, 5) is 17.7. The zero-order valence-electron chi connectivity index (χ0n) is 10.7. The van der Waals surface area contributed by atoms with Gasteiger partial charge in [0.15, 0.2) is 0 Å². The van der Waals surface area contributed by atoms with Crippen molar-refractivity contribution >= 4 is 23.3 Å². The molecular formula is C12H19ClN4O. The Morgan fingerprint density at radius 2 is 2.17 bits per heavy atom. The maximum atomic E-state index is 11.8. The van der Waals surface area contributed by atoms with E-state index in [-0.39, 0.29) is 16.9 Å². The largest absolute Gasteiger partial charge is 0.384 e. The first-order valence-corrected chi connectivity index (χ1v) is 6.23. The molecular weight excluding hydrogens is 252 g/mol. The maximum Gasteiger partial charge on any atom is 0.251 e. The van der Waals surface area contributed by atoms with Crippen molar-refractivity contribution in [2.24, 2.45) is 0 Å². The fourth-order valence-corrected chi connectivity index (χ4v) is 1.72. The number of hydrogen-bond acceptors (Lipinski definition) is 4. The van der Waals surface area contributed by atoms with Crippen molar-refractivity contribution in [2.75, 3.05) is 32.9 Å². The van der Waals surface area contributed by atoms with E-state index in [0.29, 0.717) is 12.1 Å². The molecule has 0 aliphatic rings. The maximum absolute atomic E-state index is 11.8. The van der Waals surface area contributed by atoms with Crippen molar-refractivity contribution in [1.29, 1.82) is 0 Å². The number of rotatable bonds is 6. The molecule has 0 aromatic carbocycles. The SMILES string of the molecule is CN(C)CCCCNC(=O)c1cc(N)nc(Cl)c1. The summed E-state index contributed by atoms with van der Waals surface area (Å²) >= 11 is 5.74. The molecule has 1 aromatic rings. The second-order valence-electron chi connectivity index (χ2n) is 4.37. The third-order valence-corrected chi connectivity index (χ3v) is 2.59. The van der Waals surface area contributed by atoms with Gasteiger partial charge in [-0.2, -0.15) is 0 Å². The smallest absolute Gasteiger partial charge is 0.251 e. The molecule has 0 spiro atoms. The Morgan fingerprint density at radius 3 is 2.78 bits per heavy atom. The number of nitrogens with zero attached hydrogens (tertiary/aromatic N) is 2. The van der Waals surface area contributed by atoms with E-state index in [0.717, 1.165) is 19.4 Å². The Hall–Kier alpha value is -1.33. The summed E-state index contributed by atoms with van der Waals surface area (Å²) in [5.74, 6) is 0.0797. The number of amides is 1. The monoisotopic (exact) mass is 270 g/mol. The van der Waals surface area contributed by atoms with Crippen LogP contribution >= 0.6 is 11.6 Å². The van der Waals surface area contributed by atoms with Gasteiger partial charge in [-0.1, -0.05) is 11.6 Å². The quantitative estimate of drug-likeness (QED) is 0.605. The summed E-state index contributed by atoms with van der Waals surface area (Å²) in [6.07, 6.45) is 1.99. The highest BCUT2D eigenvalue weighted by molar-refractivity contribution is 6.29. The Balaban J connectivity index is 2.36. The van der Waals surface area contributed by atoms with E-state index in [1.807, 2.05) is 14.1 Å². The number of nitrogens with two attached hydrogens (primary N) is 1. The minimum Gasteiger partial charge on any atom is -0.384 e. The van der Waals surface area contributed by atoms with Crippen LogP contribution in [0.25, 0.3) is 0 Å². The van der Waals surface area contributed by atoms with Crippen LogP contribution in [0.15, 0.2) is 12.1 Å². The molecule has 6 heteroatoms. The van der Waals surface area contributed by atoms with Gasteiger partial charge in [0.1, 0.15) is 11.0 Å². The number of nitrogen functional groups attached to an aromatic ring is 1. The molecule has 1 amide bonds. The lowest BCUT2D eigenvalue weighted by Gasteiger charge is -2.09. The molecule has 100 valence electrons. The molecule has 1 rings (SSSR count). The fraction of sp³-hybridized carbons (Fsp3) is 0.500. The van der Waals surface area contributed by atoms with Crippen LogP contribution in [0.3, 0.4) is 0 Å². The molecule has 18 heavy (non-hydrogen) atoms. The molecule has 5 nitrogen and oxygen atoms in total. The lowest BCUT2D eigenvalue weighted by atomic mass is 10.2. The highest BCUT2D eigenvalue weighted by Gasteiger charge is 2.07. The number of carbonyl (C=O) groups excluding carboxylic acids is 1. The minimum absolute atomic E-state index is 0.171. The number of nitrogens with one attached hydrogen (secondary N) is 1. The third-order valence-electron chi connectivity index (χ3n) is 2.39. The summed E-state index contributed by atoms with van der Waals surface area (Å²) in [5.41, 5.74) is 5.97. The predicted molar refractivity (Wildman–Crippen MR) is 73.8 cm³/mol. The number of aromatic nitrogens is 1. The molecule has 0 saturated carbocycles. The van der Waals surface area contributed by atoms with Gasteiger partial charge < -0.3 is 16.0 Å². The van der Waals surface area contributed by atoms with Crippen molar-refractivity contribution in [3.05, 3.63) is 22.8 Å². The van der Waals surface area contributed by atoms with E-state index in [1.165, 1.54) is 12.1 Å². The predicted octanol–water partition coefficient (Wildman–Crippen LogP) is 1.39. The molecule has 3 N–H and O–H groups in total. The van der Waals surface area contributed by atoms with E-state index >= 15 is 0 Å². The highest BCUT2D eigenvalue weighted by atomic mass is 35.5. The molecule has 0 bridgehead atoms. The van der Waals surface area contributed by atoms with Crippen LogP contribution in [-0.2, 0) is 0 Å². The number of unbranched alkanes of at least 4 members (excludes halogenated alkanes) is 1. The van der Waals surface area contributed by atoms with E-state index in [9.17, 15) is 4.79 Å². The van der Waals surface area contributed by atoms with Gasteiger partial charge in [-0.15, -0.1) is 0 Å². The Kier molecular flexibility index (Phi) is 5.88. The molecule has 0 saturated heterocycles. The van der Waals surface area contributed by atoms with Crippen LogP contribution in [0.4, 0.5) is 5.82 Å². The molecule has 1 aromatic heterocycles. The lowest BCUT2D eigenvalue weighted by molar-refractivity contribution is 0.0952. The summed E-state index contributed by atoms with van der Waals surface area (Å²) in [6.45, 7) is 1.66. The second-order valence-corrected chi connectivity index (χ2v) is 4.76. The average molecular weight is 271 g/mol. The van der Waals surface area contributed by atoms with Crippen LogP contribution in [0.2, 0.25) is 5.15 Å². The number of anilines is 1. The average Bonchev–Trinajstić information content (AvgIpc) is 2.26. The molecule has 1 heterocycles. The first kappa shape index (κ1) is 14.7. The number of pyridine rings is 1. The van der Waals surface area contributed by atoms with Crippen molar-refractivity contribution in [3.63, 3.8) is 0 Å². The Labute approximate surface area is 112 Å². The number of hydrogen-bond donors (Lipinski definition) is 2. The van der Waals surface area contributed by atoms with Gasteiger partial charge in [-0.25, -0.2) is 4.98 Å². The fourth-order valence-electron chi connectivity index (χ4n) is 1.51. The minimum atomic E-state index is -0.171. The van der Waals surface area contributed by atoms with Gasteiger partial charge in [0.2, 0.25) is 0 Å². The van der Waals surface area contributed by atoms with E-state index in [1.54, 1.807) is 0 Å². The highest BCUT2D eigenvalue weighted by Crippen LogP contribution is 2.11. The van der Waals surface area contributed by atoms with Gasteiger partial charge >= 0.3 is 0 Å². The van der Waals surface area contributed by atoms with E-state index < -0.39 is 0 Å². The lowest BCUT2D eigenvalue weighted by Crippen LogP contribution is -2.25. The summed E-state index contributed by atoms with van der Waals surface area (Å²) in [6, 6.07) is 3.02. The van der Waals surface area contributed by atoms with Crippen LogP contribution in [0.1, 0.15) is 23.2 Å². The van der Waals surface area contributed by atoms with Gasteiger partial charge in [-0.3, -0.25) is 4.79 Å². The van der Waals surface area contributed by atoms with E-state index in [2.05, 4.69) is 15.2 Å². The molecule has 0 atom stereocenters. The van der Waals surface area contributed by atoms with Crippen molar-refractivity contribution < 1.29 is 4.79 Å². The first-order chi connectivity index (χ1) is 8.49. The number of carbonyl (C=O) groups is 1. The van der Waals surface area contributed by atoms with Gasteiger partial charge in [0.25, 0.3) is 5.91 Å². The van der Waals surface area contributed by atoms with Crippen LogP contribution in [0, 0.1) is 0 Å². The van der Waals surface area contributed by atoms with Crippen molar-refractivity contribution in [3.8, 4) is 0 Å². The van der Waals surface area contributed by atoms with Crippen LogP contribution < -0.4 is 11.1 Å². The van der Waals surface area contributed by atoms with Crippen molar-refractivity contribution in [1.82, 2.24) is 15.2 Å². The summed E-state index contributed by atoms with van der Waals surface area (Å²) in [5, 5.41) is 3.06. The molecule has 0 aliphatic carbocycles. The van der Waals surface area contributed by atoms with Crippen molar-refractivity contribution in [2.45, 2.75) is 12.8 Å². The molecule has 0 radical (unpaired) electrons. The summed E-state index contributed by atoms with van der Waals surface area (Å²) in [7, 11) is 4.06.